The SMILES string of the molecule is C=C(C)C(/C=C\C(C)(C)C)C(C)(C)C(=O)O. The minimum atomic E-state index is -0.812. The third-order valence-corrected chi connectivity index (χ3v) is 2.65. The molecule has 0 aromatic heterocycles. The highest BCUT2D eigenvalue weighted by Crippen LogP contribution is 2.34. The van der Waals surface area contributed by atoms with Crippen molar-refractivity contribution in [1.82, 2.24) is 0 Å². The van der Waals surface area contributed by atoms with Crippen molar-refractivity contribution in [3.05, 3.63) is 24.3 Å². The molecule has 2 nitrogen and oxygen atoms in total. The summed E-state index contributed by atoms with van der Waals surface area (Å²) < 4.78 is 0. The summed E-state index contributed by atoms with van der Waals surface area (Å²) in [7, 11) is 0. The molecule has 0 bridgehead atoms. The maximum atomic E-state index is 11.2. The lowest BCUT2D eigenvalue weighted by Crippen LogP contribution is -2.32. The monoisotopic (exact) mass is 224 g/mol. The summed E-state index contributed by atoms with van der Waals surface area (Å²) in [6, 6.07) is 0. The fourth-order valence-electron chi connectivity index (χ4n) is 1.54. The van der Waals surface area contributed by atoms with Gasteiger partial charge in [-0.2, -0.15) is 0 Å². The van der Waals surface area contributed by atoms with Crippen LogP contribution in [0.3, 0.4) is 0 Å². The Morgan fingerprint density at radius 1 is 1.25 bits per heavy atom. The van der Waals surface area contributed by atoms with Crippen molar-refractivity contribution in [1.29, 1.82) is 0 Å². The number of aliphatic carboxylic acids is 1. The van der Waals surface area contributed by atoms with Gasteiger partial charge in [0.05, 0.1) is 5.41 Å². The van der Waals surface area contributed by atoms with Gasteiger partial charge in [-0.1, -0.05) is 45.1 Å². The Balaban J connectivity index is 5.13. The van der Waals surface area contributed by atoms with Crippen LogP contribution in [-0.2, 0) is 4.79 Å². The van der Waals surface area contributed by atoms with Gasteiger partial charge in [-0.25, -0.2) is 0 Å². The van der Waals surface area contributed by atoms with Crippen LogP contribution in [0.2, 0.25) is 0 Å². The van der Waals surface area contributed by atoms with E-state index in [2.05, 4.69) is 33.4 Å². The van der Waals surface area contributed by atoms with Crippen molar-refractivity contribution in [3.8, 4) is 0 Å². The lowest BCUT2D eigenvalue weighted by Gasteiger charge is -2.29. The summed E-state index contributed by atoms with van der Waals surface area (Å²) in [6.45, 7) is 15.5. The smallest absolute Gasteiger partial charge is 0.309 e. The minimum Gasteiger partial charge on any atom is -0.481 e. The van der Waals surface area contributed by atoms with Crippen LogP contribution in [-0.4, -0.2) is 11.1 Å². The van der Waals surface area contributed by atoms with Gasteiger partial charge in [-0.05, 0) is 26.2 Å². The van der Waals surface area contributed by atoms with E-state index in [-0.39, 0.29) is 11.3 Å². The van der Waals surface area contributed by atoms with Gasteiger partial charge in [0.2, 0.25) is 0 Å². The molecule has 1 N–H and O–H groups in total. The normalized spacial score (nSPS) is 15.1. The zero-order chi connectivity index (χ0) is 13.1. The van der Waals surface area contributed by atoms with Gasteiger partial charge in [-0.3, -0.25) is 4.79 Å². The highest BCUT2D eigenvalue weighted by atomic mass is 16.4. The average molecular weight is 224 g/mol. The lowest BCUT2D eigenvalue weighted by atomic mass is 9.74. The maximum absolute atomic E-state index is 11.2. The molecule has 16 heavy (non-hydrogen) atoms. The van der Waals surface area contributed by atoms with E-state index in [1.54, 1.807) is 13.8 Å². The molecule has 1 unspecified atom stereocenters. The summed E-state index contributed by atoms with van der Waals surface area (Å²) in [5, 5.41) is 9.21. The average Bonchev–Trinajstić information content (AvgIpc) is 2.00. The quantitative estimate of drug-likeness (QED) is 0.735. The predicted octanol–water partition coefficient (Wildman–Crippen LogP) is 3.89. The molecule has 0 aliphatic rings. The molecular weight excluding hydrogens is 200 g/mol. The van der Waals surface area contributed by atoms with Crippen molar-refractivity contribution >= 4 is 5.97 Å². The third kappa shape index (κ3) is 4.21. The van der Waals surface area contributed by atoms with E-state index in [4.69, 9.17) is 0 Å². The van der Waals surface area contributed by atoms with Crippen molar-refractivity contribution in [2.24, 2.45) is 16.7 Å². The number of carboxylic acid groups (broad SMARTS) is 1. The second-order valence-electron chi connectivity index (χ2n) is 6.08. The molecule has 0 heterocycles. The molecule has 0 aromatic carbocycles. The molecular formula is C14H24O2. The third-order valence-electron chi connectivity index (χ3n) is 2.65. The molecule has 0 aliphatic heterocycles. The molecule has 0 saturated carbocycles. The van der Waals surface area contributed by atoms with Crippen LogP contribution in [0.4, 0.5) is 0 Å². The highest BCUT2D eigenvalue weighted by Gasteiger charge is 2.35. The molecule has 2 heteroatoms. The second kappa shape index (κ2) is 4.86. The minimum absolute atomic E-state index is 0.0578. The predicted molar refractivity (Wildman–Crippen MR) is 68.3 cm³/mol. The number of carbonyl (C=O) groups is 1. The van der Waals surface area contributed by atoms with E-state index >= 15 is 0 Å². The zero-order valence-corrected chi connectivity index (χ0v) is 11.3. The van der Waals surface area contributed by atoms with Gasteiger partial charge in [0.25, 0.3) is 0 Å². The van der Waals surface area contributed by atoms with Crippen LogP contribution in [0.5, 0.6) is 0 Å². The first kappa shape index (κ1) is 14.9. The summed E-state index contributed by atoms with van der Waals surface area (Å²) in [5.74, 6) is -0.928. The Hall–Kier alpha value is -1.05. The van der Waals surface area contributed by atoms with Crippen molar-refractivity contribution in [3.63, 3.8) is 0 Å². The van der Waals surface area contributed by atoms with Gasteiger partial charge in [0.1, 0.15) is 0 Å². The van der Waals surface area contributed by atoms with Crippen molar-refractivity contribution in [2.75, 3.05) is 0 Å². The van der Waals surface area contributed by atoms with E-state index in [0.717, 1.165) is 5.57 Å². The number of hydrogen-bond acceptors (Lipinski definition) is 1. The molecule has 0 fully saturated rings. The Bertz CT molecular complexity index is 303. The van der Waals surface area contributed by atoms with E-state index in [9.17, 15) is 9.90 Å². The Kier molecular flexibility index (Phi) is 4.54. The van der Waals surface area contributed by atoms with Gasteiger partial charge in [-0.15, -0.1) is 0 Å². The fourth-order valence-corrected chi connectivity index (χ4v) is 1.54. The van der Waals surface area contributed by atoms with Gasteiger partial charge in [0, 0.05) is 5.92 Å². The molecule has 0 amide bonds. The van der Waals surface area contributed by atoms with E-state index in [1.807, 2.05) is 13.0 Å². The second-order valence-corrected chi connectivity index (χ2v) is 6.08. The van der Waals surface area contributed by atoms with Gasteiger partial charge < -0.3 is 5.11 Å². The number of hydrogen-bond donors (Lipinski definition) is 1. The van der Waals surface area contributed by atoms with Crippen LogP contribution in [0.1, 0.15) is 41.5 Å². The van der Waals surface area contributed by atoms with E-state index < -0.39 is 11.4 Å². The van der Waals surface area contributed by atoms with Crippen LogP contribution in [0.25, 0.3) is 0 Å². The van der Waals surface area contributed by atoms with E-state index in [1.165, 1.54) is 0 Å². The summed E-state index contributed by atoms with van der Waals surface area (Å²) >= 11 is 0. The highest BCUT2D eigenvalue weighted by molar-refractivity contribution is 5.75. The summed E-state index contributed by atoms with van der Waals surface area (Å²) in [4.78, 5) is 11.2. The van der Waals surface area contributed by atoms with Gasteiger partial charge >= 0.3 is 5.97 Å². The van der Waals surface area contributed by atoms with Crippen molar-refractivity contribution < 1.29 is 9.90 Å². The molecule has 92 valence electrons. The number of rotatable bonds is 4. The standard InChI is InChI=1S/C14H24O2/c1-10(2)11(8-9-13(3,4)5)14(6,7)12(15)16/h8-9,11H,1H2,2-7H3,(H,15,16)/b9-8-. The summed E-state index contributed by atoms with van der Waals surface area (Å²) in [6.07, 6.45) is 4.02. The van der Waals surface area contributed by atoms with Crippen LogP contribution in [0.15, 0.2) is 24.3 Å². The molecule has 0 rings (SSSR count). The molecule has 1 atom stereocenters. The van der Waals surface area contributed by atoms with Crippen LogP contribution in [0, 0.1) is 16.7 Å². The number of allylic oxidation sites excluding steroid dienone is 3. The van der Waals surface area contributed by atoms with Crippen LogP contribution >= 0.6 is 0 Å². The molecule has 0 saturated heterocycles. The Morgan fingerprint density at radius 3 is 1.94 bits per heavy atom. The number of carboxylic acids is 1. The molecule has 0 spiro atoms. The molecule has 0 radical (unpaired) electrons. The first-order valence-electron chi connectivity index (χ1n) is 5.56. The van der Waals surface area contributed by atoms with Crippen LogP contribution < -0.4 is 0 Å². The molecule has 0 aliphatic carbocycles. The zero-order valence-electron chi connectivity index (χ0n) is 11.3. The maximum Gasteiger partial charge on any atom is 0.309 e. The van der Waals surface area contributed by atoms with Crippen molar-refractivity contribution in [2.45, 2.75) is 41.5 Å². The largest absolute Gasteiger partial charge is 0.481 e. The summed E-state index contributed by atoms with van der Waals surface area (Å²) in [5.41, 5.74) is 0.128. The Morgan fingerprint density at radius 2 is 1.69 bits per heavy atom. The topological polar surface area (TPSA) is 37.3 Å². The molecule has 0 aromatic rings. The lowest BCUT2D eigenvalue weighted by molar-refractivity contribution is -0.148. The Labute approximate surface area is 99.1 Å². The first-order valence-corrected chi connectivity index (χ1v) is 5.56. The fraction of sp³-hybridized carbons (Fsp3) is 0.643. The van der Waals surface area contributed by atoms with E-state index in [0.29, 0.717) is 0 Å². The van der Waals surface area contributed by atoms with Gasteiger partial charge in [0.15, 0.2) is 0 Å². The first-order chi connectivity index (χ1) is 6.98.